The van der Waals surface area contributed by atoms with Crippen molar-refractivity contribution in [1.82, 2.24) is 15.6 Å². The number of hydrogen-bond donors (Lipinski definition) is 2. The van der Waals surface area contributed by atoms with E-state index in [2.05, 4.69) is 38.3 Å². The molecule has 1 saturated carbocycles. The van der Waals surface area contributed by atoms with Crippen LogP contribution in [0.3, 0.4) is 0 Å². The molecule has 2 aliphatic rings. The fourth-order valence-electron chi connectivity index (χ4n) is 5.17. The molecule has 2 fully saturated rings. The van der Waals surface area contributed by atoms with Crippen LogP contribution in [0.15, 0.2) is 12.3 Å². The van der Waals surface area contributed by atoms with Crippen molar-refractivity contribution >= 4 is 30.0 Å². The van der Waals surface area contributed by atoms with Gasteiger partial charge in [0.2, 0.25) is 11.8 Å². The number of hydrogen-bond acceptors (Lipinski definition) is 7. The van der Waals surface area contributed by atoms with Gasteiger partial charge in [-0.25, -0.2) is 4.98 Å². The number of piperidine rings is 1. The smallest absolute Gasteiger partial charge is 0.232 e. The van der Waals surface area contributed by atoms with Gasteiger partial charge in [-0.1, -0.05) is 27.7 Å². The number of amides is 2. The van der Waals surface area contributed by atoms with Gasteiger partial charge >= 0.3 is 0 Å². The van der Waals surface area contributed by atoms with E-state index in [1.807, 2.05) is 24.1 Å². The second kappa shape index (κ2) is 17.1. The summed E-state index contributed by atoms with van der Waals surface area (Å²) in [4.78, 5) is 33.7. The van der Waals surface area contributed by atoms with E-state index < -0.39 is 0 Å². The maximum atomic E-state index is 13.9. The Morgan fingerprint density at radius 2 is 1.88 bits per heavy atom. The van der Waals surface area contributed by atoms with E-state index in [-0.39, 0.29) is 54.1 Å². The van der Waals surface area contributed by atoms with E-state index in [0.29, 0.717) is 57.7 Å². The molecule has 0 spiro atoms. The number of methoxy groups -OCH3 is 1. The standard InChI is InChI=1S/C30H50N4O5.ClH/c1-7-38-19-24(13-20(2)3)33-29(35)22-14-23(17-31-16-22)30(36)34(25-9-10-25)28-15-27(39-12-8-11-37-6)26(18-32-28)21(4)5;/h15,18,20-25,31H,7-14,16-17,19H2,1-6H3,(H,33,35);1H/t22-,23+,24+;/m0./s1. The fourth-order valence-corrected chi connectivity index (χ4v) is 5.17. The molecule has 1 aliphatic carbocycles. The van der Waals surface area contributed by atoms with Gasteiger partial charge in [0.1, 0.15) is 11.6 Å². The molecule has 1 saturated heterocycles. The predicted octanol–water partition coefficient (Wildman–Crippen LogP) is 4.33. The molecule has 1 aromatic heterocycles. The van der Waals surface area contributed by atoms with Gasteiger partial charge in [0.05, 0.1) is 31.1 Å². The Labute approximate surface area is 246 Å². The maximum absolute atomic E-state index is 13.9. The highest BCUT2D eigenvalue weighted by atomic mass is 35.5. The van der Waals surface area contributed by atoms with Crippen LogP contribution in [0.4, 0.5) is 5.82 Å². The minimum atomic E-state index is -0.289. The number of pyridine rings is 1. The van der Waals surface area contributed by atoms with Gasteiger partial charge in [0.15, 0.2) is 0 Å². The molecule has 3 atom stereocenters. The van der Waals surface area contributed by atoms with E-state index in [1.54, 1.807) is 7.11 Å². The topological polar surface area (TPSA) is 102 Å². The third-order valence-corrected chi connectivity index (χ3v) is 7.35. The van der Waals surface area contributed by atoms with Gasteiger partial charge in [-0.15, -0.1) is 12.4 Å². The average molecular weight is 583 g/mol. The maximum Gasteiger partial charge on any atom is 0.232 e. The van der Waals surface area contributed by atoms with Gasteiger partial charge in [-0.3, -0.25) is 14.5 Å². The lowest BCUT2D eigenvalue weighted by Gasteiger charge is -2.33. The summed E-state index contributed by atoms with van der Waals surface area (Å²) < 4.78 is 16.9. The molecular weight excluding hydrogens is 532 g/mol. The number of carbonyl (C=O) groups excluding carboxylic acids is 2. The van der Waals surface area contributed by atoms with Gasteiger partial charge in [-0.2, -0.15) is 0 Å². The molecule has 9 nitrogen and oxygen atoms in total. The molecule has 228 valence electrons. The third kappa shape index (κ3) is 10.2. The lowest BCUT2D eigenvalue weighted by molar-refractivity contribution is -0.129. The number of nitrogens with one attached hydrogen (secondary N) is 2. The molecule has 2 heterocycles. The SMILES string of the molecule is CCOC[C@@H](CC(C)C)NC(=O)[C@@H]1CNC[C@H](C(=O)N(c2cc(OCCCOC)c(C(C)C)cn2)C2CC2)C1.Cl. The van der Waals surface area contributed by atoms with E-state index in [1.165, 1.54) is 0 Å². The monoisotopic (exact) mass is 582 g/mol. The van der Waals surface area contributed by atoms with Crippen LogP contribution in [0, 0.1) is 17.8 Å². The number of rotatable bonds is 16. The van der Waals surface area contributed by atoms with E-state index in [0.717, 1.165) is 37.0 Å². The zero-order valence-corrected chi connectivity index (χ0v) is 26.1. The largest absolute Gasteiger partial charge is 0.493 e. The number of halogens is 1. The summed E-state index contributed by atoms with van der Waals surface area (Å²) in [7, 11) is 1.68. The first-order valence-electron chi connectivity index (χ1n) is 14.8. The highest BCUT2D eigenvalue weighted by Crippen LogP contribution is 2.36. The number of aromatic nitrogens is 1. The summed E-state index contributed by atoms with van der Waals surface area (Å²) in [6.07, 6.45) is 5.93. The molecule has 0 bridgehead atoms. The summed E-state index contributed by atoms with van der Waals surface area (Å²) in [5.41, 5.74) is 1.03. The summed E-state index contributed by atoms with van der Waals surface area (Å²) in [5, 5.41) is 6.54. The number of nitrogens with zero attached hydrogens (tertiary/aromatic N) is 2. The third-order valence-electron chi connectivity index (χ3n) is 7.35. The predicted molar refractivity (Wildman–Crippen MR) is 160 cm³/mol. The van der Waals surface area contributed by atoms with Crippen molar-refractivity contribution in [3.63, 3.8) is 0 Å². The summed E-state index contributed by atoms with van der Waals surface area (Å²) in [5.74, 6) is 1.58. The van der Waals surface area contributed by atoms with Crippen molar-refractivity contribution in [2.24, 2.45) is 17.8 Å². The van der Waals surface area contributed by atoms with Crippen LogP contribution >= 0.6 is 12.4 Å². The van der Waals surface area contributed by atoms with Gasteiger partial charge in [0.25, 0.3) is 0 Å². The lowest BCUT2D eigenvalue weighted by atomic mass is 9.88. The van der Waals surface area contributed by atoms with Gasteiger partial charge in [-0.05, 0) is 44.4 Å². The lowest BCUT2D eigenvalue weighted by Crippen LogP contribution is -2.51. The zero-order valence-electron chi connectivity index (χ0n) is 25.2. The van der Waals surface area contributed by atoms with Crippen LogP contribution in [-0.2, 0) is 19.1 Å². The molecular formula is C30H51ClN4O5. The summed E-state index contributed by atoms with van der Waals surface area (Å²) in [6.45, 7) is 13.9. The molecule has 0 radical (unpaired) electrons. The minimum Gasteiger partial charge on any atom is -0.493 e. The molecule has 0 unspecified atom stereocenters. The average Bonchev–Trinajstić information content (AvgIpc) is 3.74. The molecule has 1 aliphatic heterocycles. The van der Waals surface area contributed by atoms with Crippen molar-refractivity contribution < 1.29 is 23.8 Å². The zero-order chi connectivity index (χ0) is 28.4. The molecule has 40 heavy (non-hydrogen) atoms. The van der Waals surface area contributed by atoms with E-state index in [4.69, 9.17) is 19.2 Å². The Hall–Kier alpha value is -1.94. The van der Waals surface area contributed by atoms with Crippen LogP contribution in [0.2, 0.25) is 0 Å². The van der Waals surface area contributed by atoms with E-state index in [9.17, 15) is 9.59 Å². The summed E-state index contributed by atoms with van der Waals surface area (Å²) >= 11 is 0. The Bertz CT molecular complexity index is 927. The Morgan fingerprint density at radius 3 is 2.50 bits per heavy atom. The van der Waals surface area contributed by atoms with Gasteiger partial charge < -0.3 is 24.8 Å². The van der Waals surface area contributed by atoms with Crippen LogP contribution in [-0.4, -0.2) is 75.5 Å². The molecule has 2 amide bonds. The first-order chi connectivity index (χ1) is 18.7. The van der Waals surface area contributed by atoms with Crippen molar-refractivity contribution in [2.45, 2.75) is 84.7 Å². The van der Waals surface area contributed by atoms with Gasteiger partial charge in [0, 0.05) is 63.7 Å². The van der Waals surface area contributed by atoms with Crippen LogP contribution in [0.5, 0.6) is 5.75 Å². The quantitative estimate of drug-likeness (QED) is 0.280. The molecule has 10 heteroatoms. The number of carbonyl (C=O) groups is 2. The first kappa shape index (κ1) is 34.3. The Morgan fingerprint density at radius 1 is 1.15 bits per heavy atom. The van der Waals surface area contributed by atoms with Crippen LogP contribution < -0.4 is 20.3 Å². The molecule has 0 aromatic carbocycles. The highest BCUT2D eigenvalue weighted by Gasteiger charge is 2.40. The normalized spacial score (nSPS) is 19.7. The molecule has 1 aromatic rings. The van der Waals surface area contributed by atoms with Crippen LogP contribution in [0.25, 0.3) is 0 Å². The fraction of sp³-hybridized carbons (Fsp3) is 0.767. The Balaban J connectivity index is 0.00000560. The highest BCUT2D eigenvalue weighted by molar-refractivity contribution is 5.96. The minimum absolute atomic E-state index is 0. The summed E-state index contributed by atoms with van der Waals surface area (Å²) in [6, 6.07) is 2.04. The van der Waals surface area contributed by atoms with Crippen molar-refractivity contribution in [3.05, 3.63) is 17.8 Å². The van der Waals surface area contributed by atoms with E-state index >= 15 is 0 Å². The second-order valence-electron chi connectivity index (χ2n) is 11.7. The second-order valence-corrected chi connectivity index (χ2v) is 11.7. The Kier molecular flexibility index (Phi) is 14.7. The first-order valence-corrected chi connectivity index (χ1v) is 14.8. The van der Waals surface area contributed by atoms with Crippen LogP contribution in [0.1, 0.15) is 78.2 Å². The van der Waals surface area contributed by atoms with Crippen molar-refractivity contribution in [2.75, 3.05) is 51.5 Å². The molecule has 3 rings (SSSR count). The molecule has 2 N–H and O–H groups in total. The number of ether oxygens (including phenoxy) is 3. The number of anilines is 1. The van der Waals surface area contributed by atoms with Crippen molar-refractivity contribution in [3.8, 4) is 5.75 Å². The van der Waals surface area contributed by atoms with Crippen molar-refractivity contribution in [1.29, 1.82) is 0 Å².